The van der Waals surface area contributed by atoms with Crippen molar-refractivity contribution in [3.63, 3.8) is 0 Å². The summed E-state index contributed by atoms with van der Waals surface area (Å²) in [4.78, 5) is 28.8. The van der Waals surface area contributed by atoms with Gasteiger partial charge in [-0.05, 0) is 61.9 Å². The third-order valence-electron chi connectivity index (χ3n) is 3.70. The molecule has 0 bridgehead atoms. The molecule has 6 nitrogen and oxygen atoms in total. The molecule has 3 aromatic rings. The topological polar surface area (TPSA) is 75.2 Å². The number of nitrogens with one attached hydrogen (secondary N) is 1. The summed E-state index contributed by atoms with van der Waals surface area (Å²) in [5.41, 5.74) is 0.223. The van der Waals surface area contributed by atoms with Gasteiger partial charge in [-0.3, -0.25) is 14.5 Å². The number of anilines is 1. The Hall–Kier alpha value is -2.29. The molecule has 2 heterocycles. The third kappa shape index (κ3) is 4.76. The first-order valence-electron chi connectivity index (χ1n) is 8.48. The van der Waals surface area contributed by atoms with Gasteiger partial charge in [0.15, 0.2) is 11.7 Å². The molecule has 2 aromatic heterocycles. The van der Waals surface area contributed by atoms with Crippen LogP contribution < -0.4 is 10.2 Å². The summed E-state index contributed by atoms with van der Waals surface area (Å²) < 4.78 is 3.78. The molecule has 146 valence electrons. The maximum atomic E-state index is 13.3. The Kier molecular flexibility index (Phi) is 6.12. The van der Waals surface area contributed by atoms with Crippen LogP contribution in [0.1, 0.15) is 42.2 Å². The second-order valence-corrected chi connectivity index (χ2v) is 9.13. The minimum Gasteiger partial charge on any atom is -0.349 e. The number of hydrogen-bond donors (Lipinski definition) is 1. The fourth-order valence-electron chi connectivity index (χ4n) is 2.65. The Labute approximate surface area is 176 Å². The van der Waals surface area contributed by atoms with Gasteiger partial charge < -0.3 is 5.32 Å². The van der Waals surface area contributed by atoms with Crippen molar-refractivity contribution in [1.82, 2.24) is 14.9 Å². The Morgan fingerprint density at radius 2 is 2.00 bits per heavy atom. The monoisotopic (exact) mass is 434 g/mol. The molecule has 2 amide bonds. The minimum absolute atomic E-state index is 0.176. The summed E-state index contributed by atoms with van der Waals surface area (Å²) >= 11 is 8.66. The minimum atomic E-state index is -0.869. The van der Waals surface area contributed by atoms with Gasteiger partial charge in [0.1, 0.15) is 0 Å². The van der Waals surface area contributed by atoms with Crippen molar-refractivity contribution in [3.05, 3.63) is 62.8 Å². The number of thiophene rings is 1. The van der Waals surface area contributed by atoms with Crippen LogP contribution in [-0.4, -0.2) is 26.9 Å². The number of halogens is 1. The predicted octanol–water partition coefficient (Wildman–Crippen LogP) is 4.56. The lowest BCUT2D eigenvalue weighted by Crippen LogP contribution is -2.49. The largest absolute Gasteiger partial charge is 0.349 e. The molecule has 0 fully saturated rings. The summed E-state index contributed by atoms with van der Waals surface area (Å²) in [6.45, 7) is 5.69. The molecule has 0 saturated carbocycles. The molecule has 1 unspecified atom stereocenters. The molecule has 9 heteroatoms. The van der Waals surface area contributed by atoms with Gasteiger partial charge >= 0.3 is 0 Å². The van der Waals surface area contributed by atoms with E-state index in [0.717, 1.165) is 16.4 Å². The number of nitrogens with zero attached hydrogens (tertiary/aromatic N) is 3. The molecule has 0 radical (unpaired) electrons. The van der Waals surface area contributed by atoms with E-state index in [4.69, 9.17) is 11.6 Å². The van der Waals surface area contributed by atoms with Crippen molar-refractivity contribution in [2.75, 3.05) is 4.90 Å². The zero-order valence-corrected chi connectivity index (χ0v) is 17.9. The normalized spacial score (nSPS) is 12.4. The fourth-order valence-corrected chi connectivity index (χ4v) is 4.08. The van der Waals surface area contributed by atoms with E-state index in [1.54, 1.807) is 29.6 Å². The van der Waals surface area contributed by atoms with Crippen LogP contribution in [0.3, 0.4) is 0 Å². The molecule has 0 aliphatic heterocycles. The smallest absolute Gasteiger partial charge is 0.280 e. The molecule has 1 atom stereocenters. The number of benzene rings is 1. The lowest BCUT2D eigenvalue weighted by Gasteiger charge is -2.32. The Bertz CT molecular complexity index is 953. The average molecular weight is 435 g/mol. The average Bonchev–Trinajstić information content (AvgIpc) is 3.30. The maximum absolute atomic E-state index is 13.3. The van der Waals surface area contributed by atoms with E-state index in [9.17, 15) is 9.59 Å². The number of amides is 2. The molecule has 1 N–H and O–H groups in total. The zero-order chi connectivity index (χ0) is 20.3. The summed E-state index contributed by atoms with van der Waals surface area (Å²) in [6, 6.07) is 9.67. The zero-order valence-electron chi connectivity index (χ0n) is 15.5. The van der Waals surface area contributed by atoms with E-state index >= 15 is 0 Å². The van der Waals surface area contributed by atoms with Crippen molar-refractivity contribution in [2.45, 2.75) is 32.4 Å². The van der Waals surface area contributed by atoms with Crippen molar-refractivity contribution >= 4 is 52.0 Å². The van der Waals surface area contributed by atoms with Crippen LogP contribution in [0.25, 0.3) is 0 Å². The van der Waals surface area contributed by atoms with Crippen LogP contribution in [0.5, 0.6) is 0 Å². The molecule has 0 aliphatic carbocycles. The molecule has 0 spiro atoms. The standard InChI is InChI=1S/C19H19ClN4O2S2/c1-19(2,3)21-17(25)16(15-8-5-9-27-15)24(13-7-4-6-12(20)10-13)18(26)14-11-28-23-22-14/h4-11,16H,1-3H3,(H,21,25). The van der Waals surface area contributed by atoms with Crippen molar-refractivity contribution < 1.29 is 9.59 Å². The number of carbonyl (C=O) groups is 2. The molecule has 28 heavy (non-hydrogen) atoms. The Morgan fingerprint density at radius 1 is 1.21 bits per heavy atom. The predicted molar refractivity (Wildman–Crippen MR) is 113 cm³/mol. The summed E-state index contributed by atoms with van der Waals surface area (Å²) in [6.07, 6.45) is 0. The molecule has 1 aromatic carbocycles. The van der Waals surface area contributed by atoms with Crippen LogP contribution in [0.4, 0.5) is 5.69 Å². The fraction of sp³-hybridized carbons (Fsp3) is 0.263. The molecule has 0 saturated heterocycles. The van der Waals surface area contributed by atoms with Gasteiger partial charge in [-0.2, -0.15) is 0 Å². The van der Waals surface area contributed by atoms with Crippen LogP contribution >= 0.6 is 34.5 Å². The lowest BCUT2D eigenvalue weighted by molar-refractivity contribution is -0.123. The quantitative estimate of drug-likeness (QED) is 0.638. The number of carbonyl (C=O) groups excluding carboxylic acids is 2. The number of aromatic nitrogens is 2. The maximum Gasteiger partial charge on any atom is 0.280 e. The van der Waals surface area contributed by atoms with Gasteiger partial charge in [-0.1, -0.05) is 28.2 Å². The molecular formula is C19H19ClN4O2S2. The first-order chi connectivity index (χ1) is 13.3. The van der Waals surface area contributed by atoms with Gasteiger partial charge in [0.05, 0.1) is 0 Å². The number of rotatable bonds is 5. The van der Waals surface area contributed by atoms with Gasteiger partial charge in [0, 0.05) is 26.5 Å². The second kappa shape index (κ2) is 8.38. The Morgan fingerprint density at radius 3 is 2.57 bits per heavy atom. The van der Waals surface area contributed by atoms with Crippen LogP contribution in [0.15, 0.2) is 47.2 Å². The van der Waals surface area contributed by atoms with E-state index in [1.807, 2.05) is 38.3 Å². The van der Waals surface area contributed by atoms with Crippen molar-refractivity contribution in [1.29, 1.82) is 0 Å². The van der Waals surface area contributed by atoms with E-state index < -0.39 is 17.5 Å². The van der Waals surface area contributed by atoms with Gasteiger partial charge in [0.25, 0.3) is 5.91 Å². The summed E-state index contributed by atoms with van der Waals surface area (Å²) in [5.74, 6) is -0.704. The summed E-state index contributed by atoms with van der Waals surface area (Å²) in [5, 5.41) is 10.8. The van der Waals surface area contributed by atoms with E-state index in [-0.39, 0.29) is 11.6 Å². The van der Waals surface area contributed by atoms with Gasteiger partial charge in [0.2, 0.25) is 5.91 Å². The third-order valence-corrected chi connectivity index (χ3v) is 5.37. The van der Waals surface area contributed by atoms with Crippen molar-refractivity contribution in [3.8, 4) is 0 Å². The van der Waals surface area contributed by atoms with E-state index in [1.165, 1.54) is 16.2 Å². The van der Waals surface area contributed by atoms with Gasteiger partial charge in [-0.15, -0.1) is 16.4 Å². The highest BCUT2D eigenvalue weighted by atomic mass is 35.5. The molecular weight excluding hydrogens is 416 g/mol. The van der Waals surface area contributed by atoms with Crippen molar-refractivity contribution in [2.24, 2.45) is 0 Å². The Balaban J connectivity index is 2.13. The van der Waals surface area contributed by atoms with E-state index in [0.29, 0.717) is 10.7 Å². The second-order valence-electron chi connectivity index (χ2n) is 7.10. The highest BCUT2D eigenvalue weighted by molar-refractivity contribution is 7.10. The summed E-state index contributed by atoms with van der Waals surface area (Å²) in [7, 11) is 0. The SMILES string of the molecule is CC(C)(C)NC(=O)C(c1cccs1)N(C(=O)c1csnn1)c1cccc(Cl)c1. The molecule has 3 rings (SSSR count). The molecule has 0 aliphatic rings. The van der Waals surface area contributed by atoms with Crippen LogP contribution in [0, 0.1) is 0 Å². The lowest BCUT2D eigenvalue weighted by atomic mass is 10.1. The van der Waals surface area contributed by atoms with Crippen LogP contribution in [0.2, 0.25) is 5.02 Å². The van der Waals surface area contributed by atoms with Gasteiger partial charge in [-0.25, -0.2) is 0 Å². The van der Waals surface area contributed by atoms with E-state index in [2.05, 4.69) is 14.9 Å². The number of hydrogen-bond acceptors (Lipinski definition) is 6. The first kappa shape index (κ1) is 20.4. The highest BCUT2D eigenvalue weighted by Crippen LogP contribution is 2.33. The van der Waals surface area contributed by atoms with Crippen LogP contribution in [-0.2, 0) is 4.79 Å². The first-order valence-corrected chi connectivity index (χ1v) is 10.6. The highest BCUT2D eigenvalue weighted by Gasteiger charge is 2.36.